The van der Waals surface area contributed by atoms with Crippen LogP contribution in [0.25, 0.3) is 0 Å². The molecule has 1 aromatic heterocycles. The standard InChI is InChI=1S/C12H18N4O2S/c13-6-11-16-9(7-19-11)12(18)14-5-1-2-10(17)15-8-3-4-8/h7-8H,1-6,13H2,(H,14,18)(H,15,17). The van der Waals surface area contributed by atoms with Crippen molar-refractivity contribution in [3.63, 3.8) is 0 Å². The van der Waals surface area contributed by atoms with E-state index in [1.807, 2.05) is 0 Å². The number of aromatic nitrogens is 1. The highest BCUT2D eigenvalue weighted by Crippen LogP contribution is 2.18. The first-order chi connectivity index (χ1) is 9.19. The minimum atomic E-state index is -0.210. The highest BCUT2D eigenvalue weighted by Gasteiger charge is 2.22. The van der Waals surface area contributed by atoms with Gasteiger partial charge in [0.1, 0.15) is 10.7 Å². The molecule has 0 unspecified atom stereocenters. The number of hydrogen-bond acceptors (Lipinski definition) is 5. The summed E-state index contributed by atoms with van der Waals surface area (Å²) in [6.07, 6.45) is 3.27. The molecule has 0 radical (unpaired) electrons. The van der Waals surface area contributed by atoms with Crippen molar-refractivity contribution in [2.24, 2.45) is 5.73 Å². The number of nitrogens with two attached hydrogens (primary N) is 1. The Bertz CT molecular complexity index is 456. The Hall–Kier alpha value is -1.47. The van der Waals surface area contributed by atoms with Crippen molar-refractivity contribution in [2.45, 2.75) is 38.3 Å². The molecule has 1 saturated carbocycles. The second kappa shape index (κ2) is 6.63. The molecule has 0 aromatic carbocycles. The maximum Gasteiger partial charge on any atom is 0.270 e. The van der Waals surface area contributed by atoms with E-state index in [1.54, 1.807) is 5.38 Å². The molecule has 4 N–H and O–H groups in total. The Morgan fingerprint density at radius 2 is 2.26 bits per heavy atom. The van der Waals surface area contributed by atoms with E-state index < -0.39 is 0 Å². The number of carbonyl (C=O) groups excluding carboxylic acids is 2. The highest BCUT2D eigenvalue weighted by atomic mass is 32.1. The van der Waals surface area contributed by atoms with Crippen molar-refractivity contribution < 1.29 is 9.59 Å². The van der Waals surface area contributed by atoms with Gasteiger partial charge >= 0.3 is 0 Å². The molecule has 19 heavy (non-hydrogen) atoms. The highest BCUT2D eigenvalue weighted by molar-refractivity contribution is 7.09. The predicted molar refractivity (Wildman–Crippen MR) is 72.7 cm³/mol. The van der Waals surface area contributed by atoms with Crippen molar-refractivity contribution in [3.05, 3.63) is 16.1 Å². The van der Waals surface area contributed by atoms with Gasteiger partial charge in [0.05, 0.1) is 0 Å². The molecule has 6 nitrogen and oxygen atoms in total. The first-order valence-corrected chi connectivity index (χ1v) is 7.29. The Kier molecular flexibility index (Phi) is 4.86. The molecule has 2 amide bonds. The summed E-state index contributed by atoms with van der Waals surface area (Å²) in [6, 6.07) is 0.395. The fraction of sp³-hybridized carbons (Fsp3) is 0.583. The fourth-order valence-corrected chi connectivity index (χ4v) is 2.23. The molecule has 0 bridgehead atoms. The van der Waals surface area contributed by atoms with Gasteiger partial charge in [0.2, 0.25) is 5.91 Å². The van der Waals surface area contributed by atoms with Gasteiger partial charge in [-0.1, -0.05) is 0 Å². The van der Waals surface area contributed by atoms with Gasteiger partial charge in [-0.25, -0.2) is 4.98 Å². The molecule has 104 valence electrons. The van der Waals surface area contributed by atoms with E-state index in [9.17, 15) is 9.59 Å². The lowest BCUT2D eigenvalue weighted by molar-refractivity contribution is -0.121. The first-order valence-electron chi connectivity index (χ1n) is 6.41. The maximum absolute atomic E-state index is 11.7. The van der Waals surface area contributed by atoms with Crippen LogP contribution in [0.5, 0.6) is 0 Å². The van der Waals surface area contributed by atoms with Crippen molar-refractivity contribution in [3.8, 4) is 0 Å². The minimum absolute atomic E-state index is 0.0656. The Labute approximate surface area is 115 Å². The Morgan fingerprint density at radius 1 is 1.47 bits per heavy atom. The predicted octanol–water partition coefficient (Wildman–Crippen LogP) is 0.390. The van der Waals surface area contributed by atoms with Crippen LogP contribution in [0.3, 0.4) is 0 Å². The second-order valence-corrected chi connectivity index (χ2v) is 5.47. The van der Waals surface area contributed by atoms with Gasteiger partial charge in [-0.2, -0.15) is 0 Å². The molecule has 1 aliphatic rings. The second-order valence-electron chi connectivity index (χ2n) is 4.53. The lowest BCUT2D eigenvalue weighted by Crippen LogP contribution is -2.28. The lowest BCUT2D eigenvalue weighted by Gasteiger charge is -2.04. The van der Waals surface area contributed by atoms with E-state index in [-0.39, 0.29) is 11.8 Å². The van der Waals surface area contributed by atoms with E-state index in [2.05, 4.69) is 15.6 Å². The summed E-state index contributed by atoms with van der Waals surface area (Å²) in [4.78, 5) is 27.2. The zero-order valence-corrected chi connectivity index (χ0v) is 11.5. The summed E-state index contributed by atoms with van der Waals surface area (Å²) in [7, 11) is 0. The SMILES string of the molecule is NCc1nc(C(=O)NCCCC(=O)NC2CC2)cs1. The van der Waals surface area contributed by atoms with Gasteiger partial charge < -0.3 is 16.4 Å². The van der Waals surface area contributed by atoms with Crippen LogP contribution in [-0.4, -0.2) is 29.4 Å². The van der Waals surface area contributed by atoms with E-state index in [1.165, 1.54) is 11.3 Å². The quantitative estimate of drug-likeness (QED) is 0.630. The summed E-state index contributed by atoms with van der Waals surface area (Å²) in [6.45, 7) is 0.825. The van der Waals surface area contributed by atoms with Crippen LogP contribution in [0.15, 0.2) is 5.38 Å². The molecule has 1 aliphatic carbocycles. The van der Waals surface area contributed by atoms with Crippen LogP contribution < -0.4 is 16.4 Å². The summed E-state index contributed by atoms with van der Waals surface area (Å²) in [5, 5.41) is 8.09. The lowest BCUT2D eigenvalue weighted by atomic mass is 10.3. The van der Waals surface area contributed by atoms with Crippen LogP contribution in [0.4, 0.5) is 0 Å². The Balaban J connectivity index is 1.61. The van der Waals surface area contributed by atoms with Gasteiger partial charge in [0.15, 0.2) is 0 Å². The molecular formula is C12H18N4O2S. The fourth-order valence-electron chi connectivity index (χ4n) is 1.58. The van der Waals surface area contributed by atoms with E-state index in [0.29, 0.717) is 37.7 Å². The molecule has 0 atom stereocenters. The third-order valence-corrected chi connectivity index (χ3v) is 3.64. The van der Waals surface area contributed by atoms with Gasteiger partial charge in [-0.05, 0) is 19.3 Å². The molecule has 2 rings (SSSR count). The average Bonchev–Trinajstić information content (AvgIpc) is 3.08. The van der Waals surface area contributed by atoms with Crippen molar-refractivity contribution in [1.82, 2.24) is 15.6 Å². The van der Waals surface area contributed by atoms with Crippen LogP contribution >= 0.6 is 11.3 Å². The maximum atomic E-state index is 11.7. The number of hydrogen-bond donors (Lipinski definition) is 3. The van der Waals surface area contributed by atoms with E-state index >= 15 is 0 Å². The molecule has 1 aromatic rings. The van der Waals surface area contributed by atoms with E-state index in [0.717, 1.165) is 17.8 Å². The number of carbonyl (C=O) groups is 2. The third-order valence-electron chi connectivity index (χ3n) is 2.77. The topological polar surface area (TPSA) is 97.1 Å². The summed E-state index contributed by atoms with van der Waals surface area (Å²) < 4.78 is 0. The van der Waals surface area contributed by atoms with Crippen molar-refractivity contribution in [2.75, 3.05) is 6.54 Å². The van der Waals surface area contributed by atoms with Crippen LogP contribution in [-0.2, 0) is 11.3 Å². The van der Waals surface area contributed by atoms with Gasteiger partial charge in [-0.3, -0.25) is 9.59 Å². The molecule has 0 spiro atoms. The first kappa shape index (κ1) is 14.0. The van der Waals surface area contributed by atoms with Gasteiger partial charge in [0, 0.05) is 30.9 Å². The van der Waals surface area contributed by atoms with Crippen LogP contribution in [0.1, 0.15) is 41.2 Å². The van der Waals surface area contributed by atoms with E-state index in [4.69, 9.17) is 5.73 Å². The normalized spacial score (nSPS) is 14.2. The smallest absolute Gasteiger partial charge is 0.270 e. The van der Waals surface area contributed by atoms with Crippen LogP contribution in [0, 0.1) is 0 Å². The number of amides is 2. The Morgan fingerprint density at radius 3 is 2.89 bits per heavy atom. The average molecular weight is 282 g/mol. The summed E-state index contributed by atoms with van der Waals surface area (Å²) in [5.41, 5.74) is 5.83. The number of rotatable bonds is 7. The van der Waals surface area contributed by atoms with Gasteiger partial charge in [-0.15, -0.1) is 11.3 Å². The molecular weight excluding hydrogens is 264 g/mol. The monoisotopic (exact) mass is 282 g/mol. The number of thiazole rings is 1. The zero-order valence-electron chi connectivity index (χ0n) is 10.6. The largest absolute Gasteiger partial charge is 0.353 e. The molecule has 0 aliphatic heterocycles. The summed E-state index contributed by atoms with van der Waals surface area (Å²) in [5.74, 6) is -0.144. The van der Waals surface area contributed by atoms with Crippen molar-refractivity contribution in [1.29, 1.82) is 0 Å². The van der Waals surface area contributed by atoms with Crippen LogP contribution in [0.2, 0.25) is 0 Å². The molecule has 0 saturated heterocycles. The number of nitrogens with zero attached hydrogens (tertiary/aromatic N) is 1. The molecule has 1 fully saturated rings. The minimum Gasteiger partial charge on any atom is -0.353 e. The zero-order chi connectivity index (χ0) is 13.7. The van der Waals surface area contributed by atoms with Gasteiger partial charge in [0.25, 0.3) is 5.91 Å². The molecule has 7 heteroatoms. The summed E-state index contributed by atoms with van der Waals surface area (Å²) >= 11 is 1.37. The van der Waals surface area contributed by atoms with Crippen molar-refractivity contribution >= 4 is 23.2 Å². The number of nitrogens with one attached hydrogen (secondary N) is 2. The third kappa shape index (κ3) is 4.60. The molecule has 1 heterocycles.